The van der Waals surface area contributed by atoms with Gasteiger partial charge in [0.05, 0.1) is 0 Å². The number of nitrogen functional groups attached to an aromatic ring is 1. The van der Waals surface area contributed by atoms with Crippen LogP contribution in [0, 0.1) is 18.8 Å². The van der Waals surface area contributed by atoms with Gasteiger partial charge in [-0.25, -0.2) is 0 Å². The first-order chi connectivity index (χ1) is 9.47. The van der Waals surface area contributed by atoms with Gasteiger partial charge in [-0.15, -0.1) is 0 Å². The van der Waals surface area contributed by atoms with Gasteiger partial charge in [0.25, 0.3) is 5.91 Å². The van der Waals surface area contributed by atoms with Gasteiger partial charge in [-0.3, -0.25) is 4.79 Å². The van der Waals surface area contributed by atoms with Crippen LogP contribution in [0.5, 0.6) is 0 Å². The lowest BCUT2D eigenvalue weighted by atomic mass is 9.79. The van der Waals surface area contributed by atoms with E-state index in [9.17, 15) is 4.79 Å². The van der Waals surface area contributed by atoms with Gasteiger partial charge in [0.2, 0.25) is 0 Å². The lowest BCUT2D eigenvalue weighted by molar-refractivity contribution is 0.0917. The number of nitrogens with one attached hydrogen (secondary N) is 1. The third kappa shape index (κ3) is 3.53. The number of aryl methyl sites for hydroxylation is 1. The van der Waals surface area contributed by atoms with E-state index in [1.54, 1.807) is 6.07 Å². The largest absolute Gasteiger partial charge is 0.399 e. The first-order valence-corrected chi connectivity index (χ1v) is 7.64. The van der Waals surface area contributed by atoms with Crippen LogP contribution < -0.4 is 11.1 Å². The summed E-state index contributed by atoms with van der Waals surface area (Å²) in [5, 5.41) is 3.17. The SMILES string of the molecule is Cc1ccc(N)cc1C(=O)NC1CCC(C(C)C)CC1. The van der Waals surface area contributed by atoms with Crippen LogP contribution in [0.15, 0.2) is 18.2 Å². The number of anilines is 1. The number of carbonyl (C=O) groups excluding carboxylic acids is 1. The number of hydrogen-bond acceptors (Lipinski definition) is 2. The van der Waals surface area contributed by atoms with Crippen molar-refractivity contribution in [1.29, 1.82) is 0 Å². The summed E-state index contributed by atoms with van der Waals surface area (Å²) >= 11 is 0. The summed E-state index contributed by atoms with van der Waals surface area (Å²) in [6.07, 6.45) is 4.63. The zero-order chi connectivity index (χ0) is 14.7. The van der Waals surface area contributed by atoms with E-state index in [1.807, 2.05) is 19.1 Å². The average Bonchev–Trinajstić information content (AvgIpc) is 2.42. The molecule has 1 amide bonds. The molecule has 1 aliphatic carbocycles. The summed E-state index contributed by atoms with van der Waals surface area (Å²) in [5.74, 6) is 1.59. The van der Waals surface area contributed by atoms with Crippen LogP contribution in [0.2, 0.25) is 0 Å². The fourth-order valence-electron chi connectivity index (χ4n) is 3.08. The highest BCUT2D eigenvalue weighted by Gasteiger charge is 2.24. The maximum absolute atomic E-state index is 12.3. The summed E-state index contributed by atoms with van der Waals surface area (Å²) in [5.41, 5.74) is 8.10. The molecule has 0 radical (unpaired) electrons. The van der Waals surface area contributed by atoms with E-state index in [4.69, 9.17) is 5.73 Å². The van der Waals surface area contributed by atoms with Gasteiger partial charge in [-0.1, -0.05) is 19.9 Å². The monoisotopic (exact) mass is 274 g/mol. The predicted molar refractivity (Wildman–Crippen MR) is 83.6 cm³/mol. The molecule has 1 aliphatic rings. The lowest BCUT2D eigenvalue weighted by Crippen LogP contribution is -2.38. The molecule has 0 unspecified atom stereocenters. The van der Waals surface area contributed by atoms with Crippen molar-refractivity contribution in [2.45, 2.75) is 52.5 Å². The fourth-order valence-corrected chi connectivity index (χ4v) is 3.08. The molecule has 1 aromatic rings. The Labute approximate surface area is 121 Å². The van der Waals surface area contributed by atoms with Crippen LogP contribution in [-0.2, 0) is 0 Å². The molecule has 0 heterocycles. The molecule has 0 aromatic heterocycles. The van der Waals surface area contributed by atoms with Crippen molar-refractivity contribution in [2.24, 2.45) is 11.8 Å². The van der Waals surface area contributed by atoms with E-state index in [-0.39, 0.29) is 5.91 Å². The normalized spacial score (nSPS) is 22.8. The predicted octanol–water partition coefficient (Wildman–Crippen LogP) is 3.52. The summed E-state index contributed by atoms with van der Waals surface area (Å²) in [4.78, 5) is 12.3. The summed E-state index contributed by atoms with van der Waals surface area (Å²) in [7, 11) is 0. The third-order valence-electron chi connectivity index (χ3n) is 4.56. The minimum atomic E-state index is 0.0165. The molecular formula is C17H26N2O. The number of nitrogens with two attached hydrogens (primary N) is 1. The highest BCUT2D eigenvalue weighted by molar-refractivity contribution is 5.96. The van der Waals surface area contributed by atoms with Crippen LogP contribution in [-0.4, -0.2) is 11.9 Å². The number of carbonyl (C=O) groups is 1. The van der Waals surface area contributed by atoms with Gasteiger partial charge < -0.3 is 11.1 Å². The van der Waals surface area contributed by atoms with Gasteiger partial charge in [0, 0.05) is 17.3 Å². The van der Waals surface area contributed by atoms with E-state index >= 15 is 0 Å². The Morgan fingerprint density at radius 1 is 1.25 bits per heavy atom. The van der Waals surface area contributed by atoms with E-state index in [0.717, 1.165) is 30.2 Å². The Morgan fingerprint density at radius 3 is 2.50 bits per heavy atom. The van der Waals surface area contributed by atoms with Gasteiger partial charge in [-0.05, 0) is 62.1 Å². The minimum absolute atomic E-state index is 0.0165. The van der Waals surface area contributed by atoms with Crippen LogP contribution in [0.4, 0.5) is 5.69 Å². The Morgan fingerprint density at radius 2 is 1.90 bits per heavy atom. The maximum atomic E-state index is 12.3. The Kier molecular flexibility index (Phi) is 4.69. The Bertz CT molecular complexity index is 474. The summed E-state index contributed by atoms with van der Waals surface area (Å²) in [6.45, 7) is 6.53. The maximum Gasteiger partial charge on any atom is 0.251 e. The van der Waals surface area contributed by atoms with Crippen molar-refractivity contribution >= 4 is 11.6 Å². The molecule has 0 saturated heterocycles. The molecule has 110 valence electrons. The molecule has 3 N–H and O–H groups in total. The zero-order valence-corrected chi connectivity index (χ0v) is 12.8. The quantitative estimate of drug-likeness (QED) is 0.829. The third-order valence-corrected chi connectivity index (χ3v) is 4.56. The molecular weight excluding hydrogens is 248 g/mol. The zero-order valence-electron chi connectivity index (χ0n) is 12.8. The second-order valence-corrected chi connectivity index (χ2v) is 6.40. The summed E-state index contributed by atoms with van der Waals surface area (Å²) in [6, 6.07) is 5.82. The van der Waals surface area contributed by atoms with Crippen molar-refractivity contribution < 1.29 is 4.79 Å². The first kappa shape index (κ1) is 14.9. The molecule has 0 aliphatic heterocycles. The second kappa shape index (κ2) is 6.29. The fraction of sp³-hybridized carbons (Fsp3) is 0.588. The van der Waals surface area contributed by atoms with Crippen molar-refractivity contribution in [3.63, 3.8) is 0 Å². The van der Waals surface area contributed by atoms with Crippen LogP contribution in [0.25, 0.3) is 0 Å². The van der Waals surface area contributed by atoms with Gasteiger partial charge >= 0.3 is 0 Å². The van der Waals surface area contributed by atoms with Gasteiger partial charge in [0.1, 0.15) is 0 Å². The van der Waals surface area contributed by atoms with Crippen LogP contribution in [0.1, 0.15) is 55.5 Å². The van der Waals surface area contributed by atoms with Gasteiger partial charge in [0.15, 0.2) is 0 Å². The smallest absolute Gasteiger partial charge is 0.251 e. The molecule has 1 fully saturated rings. The number of hydrogen-bond donors (Lipinski definition) is 2. The van der Waals surface area contributed by atoms with E-state index < -0.39 is 0 Å². The molecule has 3 nitrogen and oxygen atoms in total. The van der Waals surface area contributed by atoms with Crippen LogP contribution >= 0.6 is 0 Å². The lowest BCUT2D eigenvalue weighted by Gasteiger charge is -2.31. The highest BCUT2D eigenvalue weighted by Crippen LogP contribution is 2.30. The van der Waals surface area contributed by atoms with Gasteiger partial charge in [-0.2, -0.15) is 0 Å². The Hall–Kier alpha value is -1.51. The molecule has 0 bridgehead atoms. The molecule has 1 saturated carbocycles. The van der Waals surface area contributed by atoms with Crippen molar-refractivity contribution in [3.05, 3.63) is 29.3 Å². The Balaban J connectivity index is 1.94. The average molecular weight is 274 g/mol. The van der Waals surface area contributed by atoms with Crippen molar-refractivity contribution in [1.82, 2.24) is 5.32 Å². The molecule has 3 heteroatoms. The van der Waals surface area contributed by atoms with Crippen LogP contribution in [0.3, 0.4) is 0 Å². The molecule has 2 rings (SSSR count). The molecule has 20 heavy (non-hydrogen) atoms. The van der Waals surface area contributed by atoms with Crippen molar-refractivity contribution in [2.75, 3.05) is 5.73 Å². The number of benzene rings is 1. The van der Waals surface area contributed by atoms with E-state index in [0.29, 0.717) is 17.3 Å². The second-order valence-electron chi connectivity index (χ2n) is 6.40. The topological polar surface area (TPSA) is 55.1 Å². The van der Waals surface area contributed by atoms with E-state index in [2.05, 4.69) is 19.2 Å². The van der Waals surface area contributed by atoms with Crippen molar-refractivity contribution in [3.8, 4) is 0 Å². The first-order valence-electron chi connectivity index (χ1n) is 7.64. The number of amides is 1. The van der Waals surface area contributed by atoms with E-state index in [1.165, 1.54) is 12.8 Å². The standard InChI is InChI=1S/C17H26N2O/c1-11(2)13-5-8-15(9-6-13)19-17(20)16-10-14(18)7-4-12(16)3/h4,7,10-11,13,15H,5-6,8-9,18H2,1-3H3,(H,19,20). The molecule has 0 atom stereocenters. The molecule has 1 aromatic carbocycles. The number of rotatable bonds is 3. The minimum Gasteiger partial charge on any atom is -0.399 e. The highest BCUT2D eigenvalue weighted by atomic mass is 16.1. The summed E-state index contributed by atoms with van der Waals surface area (Å²) < 4.78 is 0. The molecule has 0 spiro atoms.